The Morgan fingerprint density at radius 2 is 2.00 bits per heavy atom. The van der Waals surface area contributed by atoms with Gasteiger partial charge in [0.2, 0.25) is 0 Å². The standard InChI is InChI=1S/C15H22FNO2/c1-10-7-13(8-11(2)18-10)19-15-12(9-17-3)5-4-6-14(15)16/h4-6,10-11,13,17H,7-9H2,1-3H3/t10-,11+,13?. The van der Waals surface area contributed by atoms with Crippen molar-refractivity contribution in [3.63, 3.8) is 0 Å². The summed E-state index contributed by atoms with van der Waals surface area (Å²) < 4.78 is 25.5. The molecule has 1 aromatic carbocycles. The molecule has 2 rings (SSSR count). The van der Waals surface area contributed by atoms with E-state index in [0.29, 0.717) is 12.3 Å². The lowest BCUT2D eigenvalue weighted by Crippen LogP contribution is -2.36. The van der Waals surface area contributed by atoms with Crippen LogP contribution in [0.2, 0.25) is 0 Å². The van der Waals surface area contributed by atoms with Gasteiger partial charge in [0.05, 0.1) is 12.2 Å². The minimum Gasteiger partial charge on any atom is -0.487 e. The number of rotatable bonds is 4. The van der Waals surface area contributed by atoms with Crippen molar-refractivity contribution in [3.8, 4) is 5.75 Å². The number of halogens is 1. The van der Waals surface area contributed by atoms with E-state index in [1.54, 1.807) is 6.07 Å². The maximum atomic E-state index is 13.9. The van der Waals surface area contributed by atoms with E-state index in [-0.39, 0.29) is 24.1 Å². The highest BCUT2D eigenvalue weighted by Crippen LogP contribution is 2.28. The summed E-state index contributed by atoms with van der Waals surface area (Å²) in [6.45, 7) is 4.66. The Hall–Kier alpha value is -1.13. The van der Waals surface area contributed by atoms with E-state index in [4.69, 9.17) is 9.47 Å². The maximum Gasteiger partial charge on any atom is 0.165 e. The van der Waals surface area contributed by atoms with Crippen molar-refractivity contribution in [1.82, 2.24) is 5.32 Å². The third-order valence-corrected chi connectivity index (χ3v) is 3.35. The molecule has 0 amide bonds. The first kappa shape index (κ1) is 14.3. The number of nitrogens with one attached hydrogen (secondary N) is 1. The molecule has 0 saturated carbocycles. The zero-order valence-corrected chi connectivity index (χ0v) is 11.8. The van der Waals surface area contributed by atoms with Gasteiger partial charge in [-0.1, -0.05) is 12.1 Å². The Bertz CT molecular complexity index is 415. The zero-order chi connectivity index (χ0) is 13.8. The third kappa shape index (κ3) is 3.67. The van der Waals surface area contributed by atoms with E-state index in [1.165, 1.54) is 6.07 Å². The summed E-state index contributed by atoms with van der Waals surface area (Å²) in [5.74, 6) is 0.0858. The Morgan fingerprint density at radius 3 is 2.63 bits per heavy atom. The van der Waals surface area contributed by atoms with Crippen molar-refractivity contribution in [2.24, 2.45) is 0 Å². The Labute approximate surface area is 114 Å². The summed E-state index contributed by atoms with van der Waals surface area (Å²) in [4.78, 5) is 0. The molecule has 3 nitrogen and oxygen atoms in total. The fourth-order valence-corrected chi connectivity index (χ4v) is 2.62. The molecule has 1 aromatic rings. The van der Waals surface area contributed by atoms with Gasteiger partial charge in [-0.3, -0.25) is 0 Å². The van der Waals surface area contributed by atoms with Crippen LogP contribution in [-0.4, -0.2) is 25.4 Å². The summed E-state index contributed by atoms with van der Waals surface area (Å²) in [5.41, 5.74) is 0.856. The van der Waals surface area contributed by atoms with Crippen molar-refractivity contribution in [3.05, 3.63) is 29.6 Å². The second kappa shape index (κ2) is 6.35. The van der Waals surface area contributed by atoms with E-state index in [2.05, 4.69) is 5.32 Å². The highest BCUT2D eigenvalue weighted by atomic mass is 19.1. The fourth-order valence-electron chi connectivity index (χ4n) is 2.62. The van der Waals surface area contributed by atoms with Gasteiger partial charge in [-0.2, -0.15) is 0 Å². The summed E-state index contributed by atoms with van der Waals surface area (Å²) in [7, 11) is 1.84. The molecule has 0 spiro atoms. The minimum absolute atomic E-state index is 0.0197. The van der Waals surface area contributed by atoms with Crippen LogP contribution < -0.4 is 10.1 Å². The Morgan fingerprint density at radius 1 is 1.32 bits per heavy atom. The molecule has 1 aliphatic rings. The number of ether oxygens (including phenoxy) is 2. The molecule has 1 aliphatic heterocycles. The zero-order valence-electron chi connectivity index (χ0n) is 11.8. The lowest BCUT2D eigenvalue weighted by Gasteiger charge is -2.32. The highest BCUT2D eigenvalue weighted by molar-refractivity contribution is 5.35. The molecule has 1 fully saturated rings. The van der Waals surface area contributed by atoms with Crippen molar-refractivity contribution in [2.45, 2.75) is 51.5 Å². The van der Waals surface area contributed by atoms with Crippen LogP contribution in [0.3, 0.4) is 0 Å². The van der Waals surface area contributed by atoms with Gasteiger partial charge < -0.3 is 14.8 Å². The molecular formula is C15H22FNO2. The molecule has 3 atom stereocenters. The molecular weight excluding hydrogens is 245 g/mol. The first-order valence-electron chi connectivity index (χ1n) is 6.84. The SMILES string of the molecule is CNCc1cccc(F)c1OC1C[C@@H](C)O[C@@H](C)C1. The first-order chi connectivity index (χ1) is 9.10. The fraction of sp³-hybridized carbons (Fsp3) is 0.600. The van der Waals surface area contributed by atoms with Gasteiger partial charge in [-0.15, -0.1) is 0 Å². The van der Waals surface area contributed by atoms with Crippen LogP contribution in [0.15, 0.2) is 18.2 Å². The van der Waals surface area contributed by atoms with E-state index in [9.17, 15) is 4.39 Å². The molecule has 0 bridgehead atoms. The van der Waals surface area contributed by atoms with Crippen molar-refractivity contribution in [1.29, 1.82) is 0 Å². The van der Waals surface area contributed by atoms with Crippen molar-refractivity contribution >= 4 is 0 Å². The normalized spacial score (nSPS) is 27.3. The molecule has 19 heavy (non-hydrogen) atoms. The maximum absolute atomic E-state index is 13.9. The lowest BCUT2D eigenvalue weighted by atomic mass is 10.0. The summed E-state index contributed by atoms with van der Waals surface area (Å²) >= 11 is 0. The Balaban J connectivity index is 2.13. The van der Waals surface area contributed by atoms with E-state index in [1.807, 2.05) is 27.0 Å². The largest absolute Gasteiger partial charge is 0.487 e. The van der Waals surface area contributed by atoms with Crippen LogP contribution in [0, 0.1) is 5.82 Å². The molecule has 0 radical (unpaired) electrons. The molecule has 0 aliphatic carbocycles. The Kier molecular flexibility index (Phi) is 4.77. The number of hydrogen-bond donors (Lipinski definition) is 1. The lowest BCUT2D eigenvalue weighted by molar-refractivity contribution is -0.0729. The predicted molar refractivity (Wildman–Crippen MR) is 72.8 cm³/mol. The number of hydrogen-bond acceptors (Lipinski definition) is 3. The van der Waals surface area contributed by atoms with Crippen LogP contribution in [0.1, 0.15) is 32.3 Å². The highest BCUT2D eigenvalue weighted by Gasteiger charge is 2.27. The van der Waals surface area contributed by atoms with Crippen LogP contribution in [0.25, 0.3) is 0 Å². The van der Waals surface area contributed by atoms with Crippen molar-refractivity contribution < 1.29 is 13.9 Å². The molecule has 4 heteroatoms. The van der Waals surface area contributed by atoms with Gasteiger partial charge in [0.25, 0.3) is 0 Å². The van der Waals surface area contributed by atoms with Gasteiger partial charge in [0.1, 0.15) is 6.10 Å². The van der Waals surface area contributed by atoms with Gasteiger partial charge >= 0.3 is 0 Å². The van der Waals surface area contributed by atoms with Gasteiger partial charge in [-0.05, 0) is 27.0 Å². The van der Waals surface area contributed by atoms with E-state index in [0.717, 1.165) is 18.4 Å². The van der Waals surface area contributed by atoms with E-state index >= 15 is 0 Å². The molecule has 1 unspecified atom stereocenters. The molecule has 1 heterocycles. The van der Waals surface area contributed by atoms with Crippen LogP contribution in [0.4, 0.5) is 4.39 Å². The van der Waals surface area contributed by atoms with Gasteiger partial charge in [0, 0.05) is 24.9 Å². The topological polar surface area (TPSA) is 30.5 Å². The summed E-state index contributed by atoms with van der Waals surface area (Å²) in [5, 5.41) is 3.04. The van der Waals surface area contributed by atoms with Crippen LogP contribution in [-0.2, 0) is 11.3 Å². The molecule has 106 valence electrons. The van der Waals surface area contributed by atoms with Crippen molar-refractivity contribution in [2.75, 3.05) is 7.05 Å². The predicted octanol–water partition coefficient (Wildman–Crippen LogP) is 2.88. The van der Waals surface area contributed by atoms with Gasteiger partial charge in [-0.25, -0.2) is 4.39 Å². The third-order valence-electron chi connectivity index (χ3n) is 3.35. The average molecular weight is 267 g/mol. The second-order valence-corrected chi connectivity index (χ2v) is 5.23. The number of para-hydroxylation sites is 1. The van der Waals surface area contributed by atoms with E-state index < -0.39 is 0 Å². The monoisotopic (exact) mass is 267 g/mol. The smallest absolute Gasteiger partial charge is 0.165 e. The first-order valence-corrected chi connectivity index (χ1v) is 6.84. The van der Waals surface area contributed by atoms with Crippen LogP contribution in [0.5, 0.6) is 5.75 Å². The second-order valence-electron chi connectivity index (χ2n) is 5.23. The summed E-state index contributed by atoms with van der Waals surface area (Å²) in [6.07, 6.45) is 1.95. The molecule has 1 N–H and O–H groups in total. The minimum atomic E-state index is -0.292. The van der Waals surface area contributed by atoms with Gasteiger partial charge in [0.15, 0.2) is 11.6 Å². The average Bonchev–Trinajstić information content (AvgIpc) is 2.32. The number of benzene rings is 1. The molecule has 0 aromatic heterocycles. The quantitative estimate of drug-likeness (QED) is 0.910. The molecule has 1 saturated heterocycles. The van der Waals surface area contributed by atoms with Crippen LogP contribution >= 0.6 is 0 Å². The summed E-state index contributed by atoms with van der Waals surface area (Å²) in [6, 6.07) is 5.05.